The van der Waals surface area contributed by atoms with Gasteiger partial charge < -0.3 is 5.32 Å². The number of benzene rings is 2. The molecule has 0 aliphatic heterocycles. The van der Waals surface area contributed by atoms with Gasteiger partial charge in [0.2, 0.25) is 0 Å². The summed E-state index contributed by atoms with van der Waals surface area (Å²) >= 11 is 0. The van der Waals surface area contributed by atoms with Crippen LogP contribution in [0.25, 0.3) is 5.69 Å². The fourth-order valence-electron chi connectivity index (χ4n) is 2.77. The maximum Gasteiger partial charge on any atom is 0.270 e. The molecule has 1 N–H and O–H groups in total. The Morgan fingerprint density at radius 1 is 1.04 bits per heavy atom. The molecule has 0 bridgehead atoms. The van der Waals surface area contributed by atoms with Crippen LogP contribution < -0.4 is 5.32 Å². The van der Waals surface area contributed by atoms with E-state index in [-0.39, 0.29) is 5.91 Å². The highest BCUT2D eigenvalue weighted by Crippen LogP contribution is 2.39. The molecule has 4 nitrogen and oxygen atoms in total. The first-order valence-electron chi connectivity index (χ1n) is 8.29. The molecule has 1 aromatic heterocycles. The summed E-state index contributed by atoms with van der Waals surface area (Å²) in [6.45, 7) is 0.512. The molecule has 4 rings (SSSR count). The highest BCUT2D eigenvalue weighted by Gasteiger charge is 2.28. The molecule has 1 heterocycles. The number of carbonyl (C=O) groups excluding carboxylic acids is 1. The summed E-state index contributed by atoms with van der Waals surface area (Å²) in [5, 5.41) is 7.67. The molecule has 1 aliphatic carbocycles. The van der Waals surface area contributed by atoms with Gasteiger partial charge in [-0.2, -0.15) is 5.10 Å². The number of carbonyl (C=O) groups is 1. The van der Waals surface area contributed by atoms with Gasteiger partial charge in [0, 0.05) is 12.5 Å². The smallest absolute Gasteiger partial charge is 0.270 e. The molecule has 0 saturated heterocycles. The van der Waals surface area contributed by atoms with E-state index in [4.69, 9.17) is 0 Å². The molecule has 1 amide bonds. The molecule has 4 heteroatoms. The van der Waals surface area contributed by atoms with Crippen LogP contribution in [-0.4, -0.2) is 15.7 Å². The second-order valence-electron chi connectivity index (χ2n) is 6.14. The minimum atomic E-state index is -0.0953. The highest BCUT2D eigenvalue weighted by molar-refractivity contribution is 5.93. The summed E-state index contributed by atoms with van der Waals surface area (Å²) in [7, 11) is 0. The van der Waals surface area contributed by atoms with E-state index >= 15 is 0 Å². The monoisotopic (exact) mass is 317 g/mol. The molecule has 1 saturated carbocycles. The van der Waals surface area contributed by atoms with Crippen molar-refractivity contribution in [3.8, 4) is 5.69 Å². The number of aromatic nitrogens is 2. The van der Waals surface area contributed by atoms with Gasteiger partial charge in [-0.15, -0.1) is 0 Å². The van der Waals surface area contributed by atoms with E-state index in [9.17, 15) is 4.79 Å². The molecule has 0 radical (unpaired) electrons. The molecule has 1 aliphatic rings. The van der Waals surface area contributed by atoms with E-state index in [0.717, 1.165) is 29.8 Å². The van der Waals surface area contributed by atoms with Crippen molar-refractivity contribution in [1.29, 1.82) is 0 Å². The number of nitrogens with one attached hydrogen (secondary N) is 1. The summed E-state index contributed by atoms with van der Waals surface area (Å²) < 4.78 is 1.76. The van der Waals surface area contributed by atoms with Crippen LogP contribution in [0.1, 0.15) is 40.5 Å². The van der Waals surface area contributed by atoms with Crippen molar-refractivity contribution >= 4 is 5.91 Å². The van der Waals surface area contributed by atoms with E-state index in [0.29, 0.717) is 18.2 Å². The van der Waals surface area contributed by atoms with E-state index < -0.39 is 0 Å². The summed E-state index contributed by atoms with van der Waals surface area (Å²) in [6, 6.07) is 21.7. The van der Waals surface area contributed by atoms with E-state index in [1.54, 1.807) is 4.68 Å². The number of hydrogen-bond donors (Lipinski definition) is 1. The molecule has 24 heavy (non-hydrogen) atoms. The van der Waals surface area contributed by atoms with Gasteiger partial charge in [0.15, 0.2) is 0 Å². The van der Waals surface area contributed by atoms with Crippen LogP contribution in [-0.2, 0) is 6.54 Å². The van der Waals surface area contributed by atoms with E-state index in [1.165, 1.54) is 0 Å². The van der Waals surface area contributed by atoms with Crippen molar-refractivity contribution in [2.75, 3.05) is 0 Å². The summed E-state index contributed by atoms with van der Waals surface area (Å²) in [4.78, 5) is 12.7. The maximum atomic E-state index is 12.7. The Labute approximate surface area is 141 Å². The molecular formula is C20H19N3O. The lowest BCUT2D eigenvalue weighted by atomic mass is 10.2. The fraction of sp³-hybridized carbons (Fsp3) is 0.200. The van der Waals surface area contributed by atoms with Crippen LogP contribution in [0.4, 0.5) is 0 Å². The number of nitrogens with zero attached hydrogens (tertiary/aromatic N) is 2. The van der Waals surface area contributed by atoms with Crippen LogP contribution in [0, 0.1) is 0 Å². The van der Waals surface area contributed by atoms with Crippen LogP contribution >= 0.6 is 0 Å². The summed E-state index contributed by atoms with van der Waals surface area (Å²) in [5.74, 6) is 0.415. The molecule has 3 aromatic rings. The predicted molar refractivity (Wildman–Crippen MR) is 93.2 cm³/mol. The Morgan fingerprint density at radius 3 is 2.38 bits per heavy atom. The van der Waals surface area contributed by atoms with Gasteiger partial charge in [-0.05, 0) is 36.6 Å². The third-order valence-corrected chi connectivity index (χ3v) is 4.25. The van der Waals surface area contributed by atoms with Crippen molar-refractivity contribution in [3.63, 3.8) is 0 Å². The number of para-hydroxylation sites is 1. The average molecular weight is 317 g/mol. The summed E-state index contributed by atoms with van der Waals surface area (Å²) in [6.07, 6.45) is 2.33. The standard InChI is InChI=1S/C20H19N3O/c24-20(21-14-15-7-3-1-4-8-15)19-13-18(16-11-12-16)22-23(19)17-9-5-2-6-10-17/h1-10,13,16H,11-12,14H2,(H,21,24). The number of amides is 1. The van der Waals surface area contributed by atoms with E-state index in [2.05, 4.69) is 10.4 Å². The first kappa shape index (κ1) is 14.7. The Hall–Kier alpha value is -2.88. The van der Waals surface area contributed by atoms with Gasteiger partial charge in [0.1, 0.15) is 5.69 Å². The quantitative estimate of drug-likeness (QED) is 0.780. The Bertz CT molecular complexity index is 836. The molecule has 1 fully saturated rings. The van der Waals surface area contributed by atoms with Gasteiger partial charge in [-0.25, -0.2) is 4.68 Å². The lowest BCUT2D eigenvalue weighted by molar-refractivity contribution is 0.0943. The minimum absolute atomic E-state index is 0.0953. The largest absolute Gasteiger partial charge is 0.347 e. The Morgan fingerprint density at radius 2 is 1.71 bits per heavy atom. The predicted octanol–water partition coefficient (Wildman–Crippen LogP) is 3.68. The third kappa shape index (κ3) is 3.08. The zero-order chi connectivity index (χ0) is 16.4. The van der Waals surface area contributed by atoms with E-state index in [1.807, 2.05) is 66.7 Å². The van der Waals surface area contributed by atoms with Crippen LogP contribution in [0.2, 0.25) is 0 Å². The molecular weight excluding hydrogens is 298 g/mol. The van der Waals surface area contributed by atoms with Crippen molar-refractivity contribution in [2.45, 2.75) is 25.3 Å². The topological polar surface area (TPSA) is 46.9 Å². The first-order chi connectivity index (χ1) is 11.8. The van der Waals surface area contributed by atoms with Gasteiger partial charge in [-0.3, -0.25) is 4.79 Å². The van der Waals surface area contributed by atoms with Crippen LogP contribution in [0.15, 0.2) is 66.7 Å². The molecule has 0 atom stereocenters. The highest BCUT2D eigenvalue weighted by atomic mass is 16.2. The Kier molecular flexibility index (Phi) is 3.87. The van der Waals surface area contributed by atoms with Crippen LogP contribution in [0.3, 0.4) is 0 Å². The van der Waals surface area contributed by atoms with Gasteiger partial charge in [0.25, 0.3) is 5.91 Å². The van der Waals surface area contributed by atoms with Gasteiger partial charge in [0.05, 0.1) is 11.4 Å². The average Bonchev–Trinajstić information content (AvgIpc) is 3.40. The second kappa shape index (κ2) is 6.32. The SMILES string of the molecule is O=C(NCc1ccccc1)c1cc(C2CC2)nn1-c1ccccc1. The fourth-order valence-corrected chi connectivity index (χ4v) is 2.77. The van der Waals surface area contributed by atoms with Gasteiger partial charge >= 0.3 is 0 Å². The number of hydrogen-bond acceptors (Lipinski definition) is 2. The zero-order valence-electron chi connectivity index (χ0n) is 13.4. The van der Waals surface area contributed by atoms with Crippen molar-refractivity contribution < 1.29 is 4.79 Å². The van der Waals surface area contributed by atoms with Gasteiger partial charge in [-0.1, -0.05) is 48.5 Å². The lowest BCUT2D eigenvalue weighted by Gasteiger charge is -2.08. The summed E-state index contributed by atoms with van der Waals surface area (Å²) in [5.41, 5.74) is 3.61. The van der Waals surface area contributed by atoms with Crippen molar-refractivity contribution in [2.24, 2.45) is 0 Å². The third-order valence-electron chi connectivity index (χ3n) is 4.25. The molecule has 0 unspecified atom stereocenters. The minimum Gasteiger partial charge on any atom is -0.347 e. The molecule has 120 valence electrons. The van der Waals surface area contributed by atoms with Crippen molar-refractivity contribution in [3.05, 3.63) is 83.7 Å². The molecule has 0 spiro atoms. The first-order valence-corrected chi connectivity index (χ1v) is 8.29. The molecule has 2 aromatic carbocycles. The zero-order valence-corrected chi connectivity index (χ0v) is 13.4. The lowest BCUT2D eigenvalue weighted by Crippen LogP contribution is -2.25. The van der Waals surface area contributed by atoms with Crippen LogP contribution in [0.5, 0.6) is 0 Å². The number of rotatable bonds is 5. The normalized spacial score (nSPS) is 13.7. The maximum absolute atomic E-state index is 12.7. The van der Waals surface area contributed by atoms with Crippen molar-refractivity contribution in [1.82, 2.24) is 15.1 Å². The Balaban J connectivity index is 1.60. The second-order valence-corrected chi connectivity index (χ2v) is 6.14.